The Kier molecular flexibility index (Phi) is 6.99. The van der Waals surface area contributed by atoms with E-state index < -0.39 is 0 Å². The summed E-state index contributed by atoms with van der Waals surface area (Å²) in [4.78, 5) is 18.3. The lowest BCUT2D eigenvalue weighted by molar-refractivity contribution is 0.0888. The Bertz CT molecular complexity index is 1250. The Morgan fingerprint density at radius 2 is 1.82 bits per heavy atom. The molecule has 4 aromatic rings. The lowest BCUT2D eigenvalue weighted by Gasteiger charge is -2.38. The second-order valence-electron chi connectivity index (χ2n) is 8.32. The molecule has 0 saturated carbocycles. The van der Waals surface area contributed by atoms with Gasteiger partial charge in [-0.3, -0.25) is 14.6 Å². The molecule has 176 valence electrons. The van der Waals surface area contributed by atoms with Crippen LogP contribution in [0.3, 0.4) is 0 Å². The molecule has 1 atom stereocenters. The number of halogens is 1. The van der Waals surface area contributed by atoms with Gasteiger partial charge in [0.1, 0.15) is 11.3 Å². The number of carbonyl (C=O) groups is 1. The summed E-state index contributed by atoms with van der Waals surface area (Å²) in [6, 6.07) is 19.1. The molecule has 1 fully saturated rings. The second kappa shape index (κ2) is 10.3. The molecule has 2 aromatic heterocycles. The SMILES string of the molecule is O=C(Nc1c([C@@H](c2ccc(Cl)cc2)N2CCN(CCO)CC2)oc2ccccc12)c1cccs1. The van der Waals surface area contributed by atoms with Crippen LogP contribution in [0.4, 0.5) is 5.69 Å². The molecule has 1 aliphatic heterocycles. The molecule has 2 N–H and O–H groups in total. The normalized spacial score (nSPS) is 16.1. The first-order valence-electron chi connectivity index (χ1n) is 11.3. The Hall–Kier alpha value is -2.68. The first-order chi connectivity index (χ1) is 16.6. The van der Waals surface area contributed by atoms with Crippen LogP contribution in [0, 0.1) is 0 Å². The minimum absolute atomic E-state index is 0.148. The number of furan rings is 1. The van der Waals surface area contributed by atoms with E-state index in [1.165, 1.54) is 11.3 Å². The zero-order valence-corrected chi connectivity index (χ0v) is 20.2. The molecule has 34 heavy (non-hydrogen) atoms. The summed E-state index contributed by atoms with van der Waals surface area (Å²) in [6.07, 6.45) is 0. The average molecular weight is 496 g/mol. The number of benzene rings is 2. The van der Waals surface area contributed by atoms with E-state index in [2.05, 4.69) is 15.1 Å². The largest absolute Gasteiger partial charge is 0.457 e. The van der Waals surface area contributed by atoms with Crippen LogP contribution in [0.1, 0.15) is 27.0 Å². The van der Waals surface area contributed by atoms with Crippen molar-refractivity contribution in [3.63, 3.8) is 0 Å². The molecule has 0 bridgehead atoms. The van der Waals surface area contributed by atoms with E-state index in [0.29, 0.717) is 27.9 Å². The summed E-state index contributed by atoms with van der Waals surface area (Å²) in [6.45, 7) is 4.14. The van der Waals surface area contributed by atoms with Gasteiger partial charge in [-0.15, -0.1) is 11.3 Å². The Labute approximate surface area is 207 Å². The Morgan fingerprint density at radius 1 is 1.06 bits per heavy atom. The lowest BCUT2D eigenvalue weighted by Crippen LogP contribution is -2.48. The van der Waals surface area contributed by atoms with Crippen molar-refractivity contribution in [3.8, 4) is 0 Å². The number of nitrogens with one attached hydrogen (secondary N) is 1. The maximum atomic E-state index is 13.1. The van der Waals surface area contributed by atoms with E-state index in [1.54, 1.807) is 0 Å². The second-order valence-corrected chi connectivity index (χ2v) is 9.71. The predicted octanol–water partition coefficient (Wildman–Crippen LogP) is 5.10. The van der Waals surface area contributed by atoms with Crippen molar-refractivity contribution in [2.24, 2.45) is 0 Å². The first-order valence-corrected chi connectivity index (χ1v) is 12.6. The third kappa shape index (κ3) is 4.76. The minimum Gasteiger partial charge on any atom is -0.457 e. The number of anilines is 1. The smallest absolute Gasteiger partial charge is 0.265 e. The van der Waals surface area contributed by atoms with Crippen LogP contribution in [0.2, 0.25) is 5.02 Å². The van der Waals surface area contributed by atoms with Crippen molar-refractivity contribution in [1.29, 1.82) is 0 Å². The number of piperazine rings is 1. The molecule has 1 saturated heterocycles. The summed E-state index contributed by atoms with van der Waals surface area (Å²) in [5, 5.41) is 15.9. The van der Waals surface area contributed by atoms with Crippen molar-refractivity contribution in [3.05, 3.63) is 87.3 Å². The third-order valence-corrected chi connectivity index (χ3v) is 7.35. The number of rotatable bonds is 7. The Balaban J connectivity index is 1.58. The van der Waals surface area contributed by atoms with E-state index in [0.717, 1.165) is 42.7 Å². The maximum Gasteiger partial charge on any atom is 0.265 e. The van der Waals surface area contributed by atoms with Crippen LogP contribution < -0.4 is 5.32 Å². The van der Waals surface area contributed by atoms with Crippen LogP contribution in [0.15, 0.2) is 70.5 Å². The molecule has 1 aliphatic rings. The number of thiophene rings is 1. The Morgan fingerprint density at radius 3 is 2.53 bits per heavy atom. The molecular weight excluding hydrogens is 470 g/mol. The quantitative estimate of drug-likeness (QED) is 0.373. The van der Waals surface area contributed by atoms with Gasteiger partial charge in [-0.2, -0.15) is 0 Å². The summed E-state index contributed by atoms with van der Waals surface area (Å²) >= 11 is 7.61. The number of nitrogens with zero attached hydrogens (tertiary/aromatic N) is 2. The highest BCUT2D eigenvalue weighted by Gasteiger charge is 2.32. The van der Waals surface area contributed by atoms with Gasteiger partial charge in [-0.1, -0.05) is 41.9 Å². The monoisotopic (exact) mass is 495 g/mol. The minimum atomic E-state index is -0.195. The van der Waals surface area contributed by atoms with Gasteiger partial charge < -0.3 is 14.8 Å². The van der Waals surface area contributed by atoms with E-state index in [4.69, 9.17) is 16.0 Å². The maximum absolute atomic E-state index is 13.1. The fourth-order valence-electron chi connectivity index (χ4n) is 4.53. The third-order valence-electron chi connectivity index (χ3n) is 6.23. The molecular formula is C26H26ClN3O3S. The van der Waals surface area contributed by atoms with Crippen LogP contribution >= 0.6 is 22.9 Å². The molecule has 0 unspecified atom stereocenters. The summed E-state index contributed by atoms with van der Waals surface area (Å²) < 4.78 is 6.45. The topological polar surface area (TPSA) is 69.0 Å². The highest BCUT2D eigenvalue weighted by Crippen LogP contribution is 2.41. The number of aliphatic hydroxyl groups is 1. The first kappa shape index (κ1) is 23.1. The van der Waals surface area contributed by atoms with Crippen LogP contribution in [0.25, 0.3) is 11.0 Å². The molecule has 6 nitrogen and oxygen atoms in total. The van der Waals surface area contributed by atoms with Gasteiger partial charge >= 0.3 is 0 Å². The summed E-state index contributed by atoms with van der Waals surface area (Å²) in [5.41, 5.74) is 2.48. The number of β-amino-alcohol motifs (C(OH)–C–C–N with tert-alkyl or cyclic N) is 1. The van der Waals surface area contributed by atoms with Crippen LogP contribution in [0.5, 0.6) is 0 Å². The van der Waals surface area contributed by atoms with E-state index in [-0.39, 0.29) is 18.6 Å². The number of carbonyl (C=O) groups excluding carboxylic acids is 1. The molecule has 0 aliphatic carbocycles. The summed E-state index contributed by atoms with van der Waals surface area (Å²) in [7, 11) is 0. The molecule has 0 spiro atoms. The van der Waals surface area contributed by atoms with Gasteiger partial charge in [0.2, 0.25) is 0 Å². The number of para-hydroxylation sites is 1. The van der Waals surface area contributed by atoms with Gasteiger partial charge in [-0.05, 0) is 41.3 Å². The highest BCUT2D eigenvalue weighted by atomic mass is 35.5. The standard InChI is InChI=1S/C26H26ClN3O3S/c27-19-9-7-18(8-10-19)24(30-13-11-29(12-14-30)15-16-31)25-23(20-4-1-2-5-21(20)33-25)28-26(32)22-6-3-17-34-22/h1-10,17,24,31H,11-16H2,(H,28,32)/t24-/m1/s1. The predicted molar refractivity (Wildman–Crippen MR) is 137 cm³/mol. The zero-order valence-electron chi connectivity index (χ0n) is 18.6. The fraction of sp³-hybridized carbons (Fsp3) is 0.269. The number of aliphatic hydroxyl groups excluding tert-OH is 1. The van der Waals surface area contributed by atoms with Crippen molar-refractivity contribution >= 4 is 45.5 Å². The van der Waals surface area contributed by atoms with Gasteiger partial charge in [-0.25, -0.2) is 0 Å². The average Bonchev–Trinajstić information content (AvgIpc) is 3.51. The van der Waals surface area contributed by atoms with Crippen molar-refractivity contribution in [1.82, 2.24) is 9.80 Å². The number of fused-ring (bicyclic) bond motifs is 1. The molecule has 0 radical (unpaired) electrons. The van der Waals surface area contributed by atoms with E-state index in [1.807, 2.05) is 66.0 Å². The molecule has 2 aromatic carbocycles. The molecule has 1 amide bonds. The number of hydrogen-bond acceptors (Lipinski definition) is 6. The van der Waals surface area contributed by atoms with Gasteiger partial charge in [0.05, 0.1) is 23.2 Å². The molecule has 3 heterocycles. The molecule has 5 rings (SSSR count). The zero-order chi connectivity index (χ0) is 23.5. The van der Waals surface area contributed by atoms with Crippen molar-refractivity contribution in [2.45, 2.75) is 6.04 Å². The van der Waals surface area contributed by atoms with Gasteiger partial charge in [0.15, 0.2) is 0 Å². The van der Waals surface area contributed by atoms with Crippen molar-refractivity contribution < 1.29 is 14.3 Å². The van der Waals surface area contributed by atoms with Crippen molar-refractivity contribution in [2.75, 3.05) is 44.6 Å². The lowest BCUT2D eigenvalue weighted by atomic mass is 10.00. The molecule has 8 heteroatoms. The van der Waals surface area contributed by atoms with E-state index >= 15 is 0 Å². The van der Waals surface area contributed by atoms with Gasteiger partial charge in [0, 0.05) is 43.1 Å². The van der Waals surface area contributed by atoms with E-state index in [9.17, 15) is 9.90 Å². The van der Waals surface area contributed by atoms with Crippen LogP contribution in [-0.4, -0.2) is 60.1 Å². The summed E-state index contributed by atoms with van der Waals surface area (Å²) in [5.74, 6) is 0.564. The van der Waals surface area contributed by atoms with Gasteiger partial charge in [0.25, 0.3) is 5.91 Å². The highest BCUT2D eigenvalue weighted by molar-refractivity contribution is 7.12. The number of hydrogen-bond donors (Lipinski definition) is 2. The number of amides is 1. The van der Waals surface area contributed by atoms with Crippen LogP contribution in [-0.2, 0) is 0 Å². The fourth-order valence-corrected chi connectivity index (χ4v) is 5.27.